The molecular formula is C14H10Br2ClNO3. The molecule has 0 aliphatic heterocycles. The molecule has 2 rings (SSSR count). The minimum absolute atomic E-state index is 0.0311. The van der Waals surface area contributed by atoms with Gasteiger partial charge in [-0.2, -0.15) is 0 Å². The summed E-state index contributed by atoms with van der Waals surface area (Å²) in [7, 11) is 0. The Morgan fingerprint density at radius 3 is 2.38 bits per heavy atom. The van der Waals surface area contributed by atoms with Crippen LogP contribution in [0.25, 0.3) is 0 Å². The number of benzene rings is 2. The van der Waals surface area contributed by atoms with Gasteiger partial charge in [-0.3, -0.25) is 10.1 Å². The molecule has 0 bridgehead atoms. The van der Waals surface area contributed by atoms with Crippen LogP contribution in [0.3, 0.4) is 0 Å². The van der Waals surface area contributed by atoms with Crippen molar-refractivity contribution in [3.05, 3.63) is 62.7 Å². The van der Waals surface area contributed by atoms with E-state index in [0.29, 0.717) is 32.7 Å². The molecule has 0 amide bonds. The first-order chi connectivity index (χ1) is 10.0. The van der Waals surface area contributed by atoms with Crippen molar-refractivity contribution < 1.29 is 9.66 Å². The van der Waals surface area contributed by atoms with Gasteiger partial charge in [-0.05, 0) is 18.2 Å². The van der Waals surface area contributed by atoms with E-state index in [9.17, 15) is 10.1 Å². The van der Waals surface area contributed by atoms with Gasteiger partial charge >= 0.3 is 0 Å². The third-order valence-electron chi connectivity index (χ3n) is 2.79. The highest BCUT2D eigenvalue weighted by atomic mass is 79.9. The molecule has 0 radical (unpaired) electrons. The number of nitro benzene ring substituents is 1. The van der Waals surface area contributed by atoms with E-state index in [2.05, 4.69) is 31.9 Å². The van der Waals surface area contributed by atoms with Gasteiger partial charge in [0.25, 0.3) is 5.69 Å². The van der Waals surface area contributed by atoms with E-state index in [1.165, 1.54) is 12.1 Å². The Hall–Kier alpha value is -1.11. The molecule has 0 fully saturated rings. The Morgan fingerprint density at radius 1 is 1.05 bits per heavy atom. The first kappa shape index (κ1) is 16.3. The number of non-ortho nitro benzene ring substituents is 1. The van der Waals surface area contributed by atoms with Crippen LogP contribution in [0.4, 0.5) is 5.69 Å². The van der Waals surface area contributed by atoms with Crippen LogP contribution in [0, 0.1) is 10.1 Å². The van der Waals surface area contributed by atoms with Crippen molar-refractivity contribution in [2.45, 2.75) is 10.7 Å². The van der Waals surface area contributed by atoms with Crippen molar-refractivity contribution in [2.75, 3.05) is 0 Å². The molecule has 21 heavy (non-hydrogen) atoms. The van der Waals surface area contributed by atoms with Crippen LogP contribution in [0.5, 0.6) is 11.5 Å². The predicted molar refractivity (Wildman–Crippen MR) is 89.9 cm³/mol. The standard InChI is InChI=1S/C14H10Br2ClNO3/c15-7-9-1-2-11(17)6-14(9)21-13-4-3-12(18(19)20)5-10(13)8-16/h1-6H,7-8H2. The Kier molecular flexibility index (Phi) is 5.61. The third kappa shape index (κ3) is 3.96. The second kappa shape index (κ2) is 7.24. The summed E-state index contributed by atoms with van der Waals surface area (Å²) in [4.78, 5) is 10.4. The zero-order valence-electron chi connectivity index (χ0n) is 10.7. The quantitative estimate of drug-likeness (QED) is 0.337. The Balaban J connectivity index is 2.39. The molecule has 0 aromatic heterocycles. The highest BCUT2D eigenvalue weighted by Crippen LogP contribution is 2.34. The number of ether oxygens (including phenoxy) is 1. The summed E-state index contributed by atoms with van der Waals surface area (Å²) in [6.07, 6.45) is 0. The number of alkyl halides is 2. The van der Waals surface area contributed by atoms with E-state index in [1.807, 2.05) is 6.07 Å². The van der Waals surface area contributed by atoms with E-state index in [-0.39, 0.29) is 5.69 Å². The molecular weight excluding hydrogens is 425 g/mol. The largest absolute Gasteiger partial charge is 0.457 e. The van der Waals surface area contributed by atoms with Crippen LogP contribution in [-0.2, 0) is 10.7 Å². The van der Waals surface area contributed by atoms with Gasteiger partial charge in [0, 0.05) is 38.9 Å². The van der Waals surface area contributed by atoms with E-state index in [1.54, 1.807) is 18.2 Å². The molecule has 4 nitrogen and oxygen atoms in total. The minimum atomic E-state index is -0.431. The number of hydrogen-bond donors (Lipinski definition) is 0. The molecule has 0 heterocycles. The fraction of sp³-hybridized carbons (Fsp3) is 0.143. The van der Waals surface area contributed by atoms with E-state index in [0.717, 1.165) is 5.56 Å². The minimum Gasteiger partial charge on any atom is -0.457 e. The van der Waals surface area contributed by atoms with Crippen molar-refractivity contribution in [3.8, 4) is 11.5 Å². The lowest BCUT2D eigenvalue weighted by molar-refractivity contribution is -0.384. The van der Waals surface area contributed by atoms with Crippen LogP contribution in [0.15, 0.2) is 36.4 Å². The number of nitro groups is 1. The highest BCUT2D eigenvalue weighted by Gasteiger charge is 2.13. The summed E-state index contributed by atoms with van der Waals surface area (Å²) in [6.45, 7) is 0. The molecule has 0 aliphatic carbocycles. The monoisotopic (exact) mass is 433 g/mol. The first-order valence-corrected chi connectivity index (χ1v) is 8.52. The van der Waals surface area contributed by atoms with Gasteiger partial charge in [0.05, 0.1) is 4.92 Å². The SMILES string of the molecule is O=[N+]([O-])c1ccc(Oc2cc(Cl)ccc2CBr)c(CBr)c1. The maximum Gasteiger partial charge on any atom is 0.270 e. The summed E-state index contributed by atoms with van der Waals surface area (Å²) in [6, 6.07) is 9.87. The lowest BCUT2D eigenvalue weighted by atomic mass is 10.2. The van der Waals surface area contributed by atoms with Gasteiger partial charge in [0.2, 0.25) is 0 Å². The molecule has 110 valence electrons. The normalized spacial score (nSPS) is 10.4. The highest BCUT2D eigenvalue weighted by molar-refractivity contribution is 9.08. The molecule has 7 heteroatoms. The topological polar surface area (TPSA) is 52.4 Å². The summed E-state index contributed by atoms with van der Waals surface area (Å²) in [5.74, 6) is 1.18. The lowest BCUT2D eigenvalue weighted by Gasteiger charge is -2.12. The number of halogens is 3. The van der Waals surface area contributed by atoms with Crippen molar-refractivity contribution in [2.24, 2.45) is 0 Å². The molecule has 0 N–H and O–H groups in total. The van der Waals surface area contributed by atoms with Crippen LogP contribution in [0.1, 0.15) is 11.1 Å². The van der Waals surface area contributed by atoms with E-state index >= 15 is 0 Å². The lowest BCUT2D eigenvalue weighted by Crippen LogP contribution is -1.95. The van der Waals surface area contributed by atoms with Gasteiger partial charge in [0.15, 0.2) is 0 Å². The number of rotatable bonds is 5. The third-order valence-corrected chi connectivity index (χ3v) is 4.24. The smallest absolute Gasteiger partial charge is 0.270 e. The Bertz CT molecular complexity index is 679. The van der Waals surface area contributed by atoms with Crippen LogP contribution >= 0.6 is 43.5 Å². The van der Waals surface area contributed by atoms with Gasteiger partial charge in [-0.15, -0.1) is 0 Å². The maximum atomic E-state index is 10.8. The Labute approximate surface area is 143 Å². The summed E-state index contributed by atoms with van der Waals surface area (Å²) < 4.78 is 5.87. The molecule has 0 atom stereocenters. The molecule has 0 saturated heterocycles. The van der Waals surface area contributed by atoms with Crippen LogP contribution < -0.4 is 4.74 Å². The fourth-order valence-corrected chi connectivity index (χ4v) is 2.80. The molecule has 0 saturated carbocycles. The van der Waals surface area contributed by atoms with Gasteiger partial charge in [-0.25, -0.2) is 0 Å². The van der Waals surface area contributed by atoms with Gasteiger partial charge < -0.3 is 4.74 Å². The predicted octanol–water partition coefficient (Wildman–Crippen LogP) is 5.83. The van der Waals surface area contributed by atoms with E-state index < -0.39 is 4.92 Å². The first-order valence-electron chi connectivity index (χ1n) is 5.90. The molecule has 0 spiro atoms. The van der Waals surface area contributed by atoms with Gasteiger partial charge in [-0.1, -0.05) is 49.5 Å². The zero-order valence-corrected chi connectivity index (χ0v) is 14.6. The van der Waals surface area contributed by atoms with Crippen molar-refractivity contribution in [1.29, 1.82) is 0 Å². The number of nitrogens with zero attached hydrogens (tertiary/aromatic N) is 1. The van der Waals surface area contributed by atoms with Gasteiger partial charge in [0.1, 0.15) is 11.5 Å². The summed E-state index contributed by atoms with van der Waals surface area (Å²) in [5.41, 5.74) is 1.67. The molecule has 0 unspecified atom stereocenters. The van der Waals surface area contributed by atoms with Crippen molar-refractivity contribution >= 4 is 49.1 Å². The number of hydrogen-bond acceptors (Lipinski definition) is 3. The molecule has 0 aliphatic rings. The average Bonchev–Trinajstić information content (AvgIpc) is 2.47. The fourth-order valence-electron chi connectivity index (χ4n) is 1.74. The molecule has 2 aromatic carbocycles. The van der Waals surface area contributed by atoms with Crippen molar-refractivity contribution in [3.63, 3.8) is 0 Å². The van der Waals surface area contributed by atoms with E-state index in [4.69, 9.17) is 16.3 Å². The zero-order chi connectivity index (χ0) is 15.4. The van der Waals surface area contributed by atoms with Crippen LogP contribution in [0.2, 0.25) is 5.02 Å². The second-order valence-electron chi connectivity index (χ2n) is 4.17. The maximum absolute atomic E-state index is 10.8. The summed E-state index contributed by atoms with van der Waals surface area (Å²) in [5, 5.41) is 12.5. The average molecular weight is 435 g/mol. The summed E-state index contributed by atoms with van der Waals surface area (Å²) >= 11 is 12.7. The van der Waals surface area contributed by atoms with Crippen molar-refractivity contribution in [1.82, 2.24) is 0 Å². The van der Waals surface area contributed by atoms with Crippen LogP contribution in [-0.4, -0.2) is 4.92 Å². The Morgan fingerprint density at radius 2 is 1.76 bits per heavy atom. The second-order valence-corrected chi connectivity index (χ2v) is 5.73. The molecule has 2 aromatic rings.